The number of hydrogen-bond acceptors (Lipinski definition) is 5. The number of allylic oxidation sites excluding steroid dienone is 4. The Balaban J connectivity index is 1.98. The second-order valence-electron chi connectivity index (χ2n) is 10.7. The van der Waals surface area contributed by atoms with Crippen molar-refractivity contribution in [1.29, 1.82) is 0 Å². The van der Waals surface area contributed by atoms with Gasteiger partial charge in [-0.25, -0.2) is 0 Å². The van der Waals surface area contributed by atoms with Crippen molar-refractivity contribution < 1.29 is 41.0 Å². The number of nitrogens with zero attached hydrogens (tertiary/aromatic N) is 1. The molecule has 0 atom stereocenters. The van der Waals surface area contributed by atoms with Crippen LogP contribution in [0.5, 0.6) is 0 Å². The van der Waals surface area contributed by atoms with Crippen molar-refractivity contribution in [3.05, 3.63) is 88.6 Å². The summed E-state index contributed by atoms with van der Waals surface area (Å²) in [7, 11) is -8.31. The van der Waals surface area contributed by atoms with E-state index in [9.17, 15) is 25.9 Å². The molecule has 0 saturated carbocycles. The molecule has 10 heteroatoms. The predicted molar refractivity (Wildman–Crippen MR) is 150 cm³/mol. The van der Waals surface area contributed by atoms with Gasteiger partial charge in [-0.2, -0.15) is 0 Å². The van der Waals surface area contributed by atoms with Gasteiger partial charge in [0.15, 0.2) is 0 Å². The Bertz CT molecular complexity index is 1510. The molecule has 7 nitrogen and oxygen atoms in total. The van der Waals surface area contributed by atoms with E-state index in [0.29, 0.717) is 12.1 Å². The molecule has 0 radical (unpaired) electrons. The minimum atomic E-state index is -4.20. The molecule has 0 aliphatic carbocycles. The summed E-state index contributed by atoms with van der Waals surface area (Å²) in [5.41, 5.74) is 4.39. The van der Waals surface area contributed by atoms with Crippen molar-refractivity contribution in [1.82, 2.24) is 0 Å². The molecule has 0 saturated heterocycles. The van der Waals surface area contributed by atoms with E-state index in [4.69, 9.17) is 15.0 Å². The Morgan fingerprint density at radius 3 is 2.34 bits per heavy atom. The van der Waals surface area contributed by atoms with Gasteiger partial charge in [0.1, 0.15) is 0 Å². The van der Waals surface area contributed by atoms with E-state index < -0.39 is 31.4 Å². The van der Waals surface area contributed by atoms with Crippen LogP contribution in [0.4, 0.5) is 5.69 Å². The summed E-state index contributed by atoms with van der Waals surface area (Å²) >= 11 is 5.42. The number of anilines is 1. The number of benzene rings is 2. The third-order valence-electron chi connectivity index (χ3n) is 6.87. The van der Waals surface area contributed by atoms with Crippen LogP contribution in [0.15, 0.2) is 66.4 Å². The van der Waals surface area contributed by atoms with E-state index in [-0.39, 0.29) is 17.6 Å². The zero-order valence-corrected chi connectivity index (χ0v) is 24.8. The van der Waals surface area contributed by atoms with Crippen molar-refractivity contribution in [3.8, 4) is 0 Å². The number of fused-ring (bicyclic) bond motifs is 1. The van der Waals surface area contributed by atoms with Crippen LogP contribution in [-0.4, -0.2) is 42.7 Å². The van der Waals surface area contributed by atoms with Crippen LogP contribution in [0.2, 0.25) is 0 Å². The van der Waals surface area contributed by atoms with E-state index in [1.54, 1.807) is 18.2 Å². The van der Waals surface area contributed by atoms with Gasteiger partial charge in [0, 0.05) is 0 Å². The fourth-order valence-corrected chi connectivity index (χ4v) is 6.09. The zero-order chi connectivity index (χ0) is 28.5. The molecule has 2 aromatic carbocycles. The molecule has 0 unspecified atom stereocenters. The third-order valence-corrected chi connectivity index (χ3v) is 9.16. The maximum absolute atomic E-state index is 11.5. The van der Waals surface area contributed by atoms with Crippen LogP contribution in [-0.2, 0) is 51.9 Å². The molecule has 0 amide bonds. The first-order chi connectivity index (χ1) is 17.4. The van der Waals surface area contributed by atoms with E-state index >= 15 is 0 Å². The van der Waals surface area contributed by atoms with Gasteiger partial charge in [-0.05, 0) is 0 Å². The molecule has 1 heterocycles. The van der Waals surface area contributed by atoms with Crippen molar-refractivity contribution in [2.24, 2.45) is 0 Å². The van der Waals surface area contributed by atoms with Gasteiger partial charge >= 0.3 is 235 Å². The van der Waals surface area contributed by atoms with Gasteiger partial charge in [0.05, 0.1) is 0 Å². The standard InChI is InChI=1S/C28H35NO6S2.Ni/c1-21-10-8-11-23(18-21)27(2,3)15-7-6-12-26-28(4,5)24-19-22(20-37(33,34)35)13-14-25(24)29(26)16-9-17-36(30,31)32;/h6-8,10-14,18-19H,9,16-17,20H2,1-5H3,(H,30,31,32)(H,33,34,35);/b7-6+,26-12+;. The summed E-state index contributed by atoms with van der Waals surface area (Å²) in [4.78, 5) is 1.99. The molecule has 2 aromatic rings. The van der Waals surface area contributed by atoms with Crippen LogP contribution >= 0.6 is 0 Å². The predicted octanol–water partition coefficient (Wildman–Crippen LogP) is 4.90. The first-order valence-corrected chi connectivity index (χ1v) is 15.9. The Kier molecular flexibility index (Phi) is 8.96. The average Bonchev–Trinajstić information content (AvgIpc) is 2.98. The molecule has 38 heavy (non-hydrogen) atoms. The molecule has 0 spiro atoms. The molecular formula is C28H35NNiO6S2. The Morgan fingerprint density at radius 2 is 1.74 bits per heavy atom. The third kappa shape index (κ3) is 7.30. The monoisotopic (exact) mass is 603 g/mol. The number of rotatable bonds is 10. The maximum atomic E-state index is 11.5. The SMILES string of the molecule is Cc1cccc(C(C)(C)[C](=[Ni])/C=C/C=C2/N(CCCS(=O)(=O)O)c3ccc(CS(=O)(=O)O)cc3C2(C)C)c1. The second-order valence-corrected chi connectivity index (χ2v) is 14.3. The van der Waals surface area contributed by atoms with E-state index in [1.807, 2.05) is 56.0 Å². The fraction of sp³-hybridized carbons (Fsp3) is 0.393. The molecule has 2 N–H and O–H groups in total. The van der Waals surface area contributed by atoms with E-state index in [1.165, 1.54) is 0 Å². The first-order valence-electron chi connectivity index (χ1n) is 12.2. The van der Waals surface area contributed by atoms with Gasteiger partial charge in [-0.1, -0.05) is 0 Å². The quantitative estimate of drug-likeness (QED) is 0.293. The summed E-state index contributed by atoms with van der Waals surface area (Å²) in [6.07, 6.45) is 5.95. The average molecular weight is 604 g/mol. The molecule has 0 aromatic heterocycles. The van der Waals surface area contributed by atoms with Crippen LogP contribution in [0.1, 0.15) is 56.4 Å². The Hall–Kier alpha value is -2.10. The summed E-state index contributed by atoms with van der Waals surface area (Å²) < 4.78 is 64.9. The molecule has 1 aliphatic heterocycles. The minimum absolute atomic E-state index is 0.197. The Labute approximate surface area is 234 Å². The van der Waals surface area contributed by atoms with Crippen molar-refractivity contribution in [2.45, 2.75) is 57.6 Å². The van der Waals surface area contributed by atoms with Gasteiger partial charge in [-0.3, -0.25) is 0 Å². The van der Waals surface area contributed by atoms with Gasteiger partial charge < -0.3 is 0 Å². The van der Waals surface area contributed by atoms with Crippen molar-refractivity contribution in [3.63, 3.8) is 0 Å². The molecular weight excluding hydrogens is 569 g/mol. The van der Waals surface area contributed by atoms with Crippen LogP contribution in [0.25, 0.3) is 0 Å². The normalized spacial score (nSPS) is 16.9. The Morgan fingerprint density at radius 1 is 1.05 bits per heavy atom. The van der Waals surface area contributed by atoms with E-state index in [2.05, 4.69) is 26.0 Å². The van der Waals surface area contributed by atoms with Crippen molar-refractivity contribution in [2.75, 3.05) is 17.2 Å². The van der Waals surface area contributed by atoms with Crippen LogP contribution in [0, 0.1) is 6.92 Å². The van der Waals surface area contributed by atoms with Crippen LogP contribution < -0.4 is 4.90 Å². The molecule has 0 bridgehead atoms. The number of hydrogen-bond donors (Lipinski definition) is 2. The van der Waals surface area contributed by atoms with Gasteiger partial charge in [0.2, 0.25) is 0 Å². The molecule has 0 fully saturated rings. The number of aryl methyl sites for hydroxylation is 1. The zero-order valence-electron chi connectivity index (χ0n) is 22.2. The topological polar surface area (TPSA) is 112 Å². The van der Waals surface area contributed by atoms with Gasteiger partial charge in [0.25, 0.3) is 0 Å². The fourth-order valence-electron chi connectivity index (χ4n) is 4.76. The first kappa shape index (κ1) is 30.4. The summed E-state index contributed by atoms with van der Waals surface area (Å²) in [6, 6.07) is 13.4. The summed E-state index contributed by atoms with van der Waals surface area (Å²) in [6.45, 7) is 10.6. The van der Waals surface area contributed by atoms with Gasteiger partial charge in [-0.15, -0.1) is 0 Å². The van der Waals surface area contributed by atoms with Crippen LogP contribution in [0.3, 0.4) is 0 Å². The summed E-state index contributed by atoms with van der Waals surface area (Å²) in [5, 5.41) is 0. The summed E-state index contributed by atoms with van der Waals surface area (Å²) in [5.74, 6) is -0.874. The molecule has 1 aliphatic rings. The van der Waals surface area contributed by atoms with Crippen molar-refractivity contribution >= 4 is 30.4 Å². The second kappa shape index (κ2) is 11.2. The van der Waals surface area contributed by atoms with E-state index in [0.717, 1.165) is 32.6 Å². The molecule has 3 rings (SSSR count). The molecule has 210 valence electrons.